The van der Waals surface area contributed by atoms with E-state index in [1.807, 2.05) is 0 Å². The smallest absolute Gasteiger partial charge is 0.273 e. The van der Waals surface area contributed by atoms with Crippen molar-refractivity contribution in [1.82, 2.24) is 25.1 Å². The molecule has 7 nitrogen and oxygen atoms in total. The van der Waals surface area contributed by atoms with Gasteiger partial charge in [0.15, 0.2) is 5.69 Å². The van der Waals surface area contributed by atoms with Crippen molar-refractivity contribution in [2.24, 2.45) is 7.05 Å². The summed E-state index contributed by atoms with van der Waals surface area (Å²) >= 11 is 0. The minimum absolute atomic E-state index is 0.0470. The van der Waals surface area contributed by atoms with E-state index in [1.165, 1.54) is 6.07 Å². The van der Waals surface area contributed by atoms with Gasteiger partial charge in [0.1, 0.15) is 17.7 Å². The van der Waals surface area contributed by atoms with Crippen LogP contribution in [0.3, 0.4) is 0 Å². The molecule has 1 unspecified atom stereocenters. The van der Waals surface area contributed by atoms with E-state index in [0.29, 0.717) is 16.6 Å². The van der Waals surface area contributed by atoms with Gasteiger partial charge in [-0.15, -0.1) is 0 Å². The first-order chi connectivity index (χ1) is 13.6. The molecule has 0 bridgehead atoms. The third-order valence-corrected chi connectivity index (χ3v) is 4.52. The summed E-state index contributed by atoms with van der Waals surface area (Å²) in [6.07, 6.45) is 3.28. The fraction of sp³-hybridized carbons (Fsp3) is 0.100. The fourth-order valence-electron chi connectivity index (χ4n) is 3.13. The number of amides is 1. The lowest BCUT2D eigenvalue weighted by molar-refractivity contribution is 0.0936. The number of aromatic amines is 1. The van der Waals surface area contributed by atoms with Gasteiger partial charge in [0, 0.05) is 30.4 Å². The molecule has 140 valence electrons. The van der Waals surface area contributed by atoms with Gasteiger partial charge in [0.25, 0.3) is 11.5 Å². The lowest BCUT2D eigenvalue weighted by Gasteiger charge is -2.19. The van der Waals surface area contributed by atoms with Crippen LogP contribution < -0.4 is 10.9 Å². The van der Waals surface area contributed by atoms with Crippen molar-refractivity contribution in [3.63, 3.8) is 0 Å². The lowest BCUT2D eigenvalue weighted by atomic mass is 10.0. The summed E-state index contributed by atoms with van der Waals surface area (Å²) in [5.41, 5.74) is -0.0634. The Morgan fingerprint density at radius 2 is 1.86 bits per heavy atom. The first-order valence-corrected chi connectivity index (χ1v) is 8.56. The number of aromatic nitrogens is 4. The number of hydrogen-bond donors (Lipinski definition) is 2. The number of nitrogens with one attached hydrogen (secondary N) is 2. The molecule has 2 heterocycles. The Morgan fingerprint density at radius 3 is 2.57 bits per heavy atom. The Morgan fingerprint density at radius 1 is 1.14 bits per heavy atom. The van der Waals surface area contributed by atoms with Crippen molar-refractivity contribution < 1.29 is 9.18 Å². The molecular formula is C20H16FN5O2. The number of carbonyl (C=O) groups excluding carboxylic acids is 1. The molecule has 1 atom stereocenters. The van der Waals surface area contributed by atoms with E-state index in [0.717, 1.165) is 0 Å². The molecule has 0 radical (unpaired) electrons. The number of hydrogen-bond acceptors (Lipinski definition) is 4. The third-order valence-electron chi connectivity index (χ3n) is 4.52. The van der Waals surface area contributed by atoms with Crippen LogP contribution in [0.2, 0.25) is 0 Å². The highest BCUT2D eigenvalue weighted by Gasteiger charge is 2.25. The average Bonchev–Trinajstić information content (AvgIpc) is 3.13. The molecule has 4 aromatic rings. The number of carbonyl (C=O) groups is 1. The van der Waals surface area contributed by atoms with Gasteiger partial charge < -0.3 is 9.88 Å². The van der Waals surface area contributed by atoms with E-state index in [2.05, 4.69) is 20.5 Å². The summed E-state index contributed by atoms with van der Waals surface area (Å²) in [5.74, 6) is -0.550. The summed E-state index contributed by atoms with van der Waals surface area (Å²) in [6, 6.07) is 12.0. The normalized spacial score (nSPS) is 12.1. The minimum Gasteiger partial charge on any atom is -0.336 e. The van der Waals surface area contributed by atoms with Gasteiger partial charge in [0.2, 0.25) is 0 Å². The number of imidazole rings is 1. The Labute approximate surface area is 158 Å². The second-order valence-corrected chi connectivity index (χ2v) is 6.27. The van der Waals surface area contributed by atoms with Crippen LogP contribution >= 0.6 is 0 Å². The summed E-state index contributed by atoms with van der Waals surface area (Å²) in [5, 5.41) is 9.80. The van der Waals surface area contributed by atoms with E-state index in [-0.39, 0.29) is 16.8 Å². The number of fused-ring (bicyclic) bond motifs is 1. The highest BCUT2D eigenvalue weighted by atomic mass is 19.1. The van der Waals surface area contributed by atoms with Gasteiger partial charge >= 0.3 is 0 Å². The number of halogens is 1. The molecule has 1 amide bonds. The topological polar surface area (TPSA) is 92.7 Å². The molecule has 0 aliphatic carbocycles. The molecule has 28 heavy (non-hydrogen) atoms. The highest BCUT2D eigenvalue weighted by molar-refractivity contribution is 6.04. The van der Waals surface area contributed by atoms with Crippen molar-refractivity contribution in [3.05, 3.63) is 94.2 Å². The Kier molecular flexibility index (Phi) is 4.44. The van der Waals surface area contributed by atoms with E-state index >= 15 is 0 Å². The van der Waals surface area contributed by atoms with E-state index < -0.39 is 17.8 Å². The quantitative estimate of drug-likeness (QED) is 0.571. The standard InChI is InChI=1S/C20H16FN5O2/c1-26-11-10-22-18(26)16(14-8-4-5-9-15(14)21)23-20(28)17-12-6-2-3-7-13(12)19(27)25-24-17/h2-11,16H,1H3,(H,23,28)(H,25,27). The van der Waals surface area contributed by atoms with E-state index in [1.54, 1.807) is 66.5 Å². The zero-order valence-electron chi connectivity index (χ0n) is 14.9. The maximum atomic E-state index is 14.5. The highest BCUT2D eigenvalue weighted by Crippen LogP contribution is 2.24. The Balaban J connectivity index is 1.79. The molecule has 0 aliphatic rings. The van der Waals surface area contributed by atoms with Crippen LogP contribution in [0.5, 0.6) is 0 Å². The average molecular weight is 377 g/mol. The minimum atomic E-state index is -0.832. The molecule has 0 saturated heterocycles. The van der Waals surface area contributed by atoms with Gasteiger partial charge in [-0.3, -0.25) is 9.59 Å². The molecule has 2 aromatic heterocycles. The van der Waals surface area contributed by atoms with Gasteiger partial charge in [-0.25, -0.2) is 14.5 Å². The monoisotopic (exact) mass is 377 g/mol. The van der Waals surface area contributed by atoms with Crippen LogP contribution in [-0.4, -0.2) is 25.7 Å². The Hall–Kier alpha value is -3.81. The molecule has 8 heteroatoms. The summed E-state index contributed by atoms with van der Waals surface area (Å²) < 4.78 is 16.2. The van der Waals surface area contributed by atoms with E-state index in [9.17, 15) is 14.0 Å². The van der Waals surface area contributed by atoms with Gasteiger partial charge in [-0.05, 0) is 12.1 Å². The van der Waals surface area contributed by atoms with Crippen LogP contribution in [0.4, 0.5) is 4.39 Å². The second kappa shape index (κ2) is 7.07. The summed E-state index contributed by atoms with van der Waals surface area (Å²) in [4.78, 5) is 29.2. The predicted octanol–water partition coefficient (Wildman–Crippen LogP) is 2.32. The molecule has 0 aliphatic heterocycles. The number of H-pyrrole nitrogens is 1. The summed E-state index contributed by atoms with van der Waals surface area (Å²) in [7, 11) is 1.76. The number of aryl methyl sites for hydroxylation is 1. The van der Waals surface area contributed by atoms with Crippen molar-refractivity contribution >= 4 is 16.7 Å². The molecule has 0 spiro atoms. The van der Waals surface area contributed by atoms with Crippen molar-refractivity contribution in [1.29, 1.82) is 0 Å². The molecule has 2 N–H and O–H groups in total. The van der Waals surface area contributed by atoms with Gasteiger partial charge in [-0.2, -0.15) is 5.10 Å². The van der Waals surface area contributed by atoms with Crippen LogP contribution in [0.15, 0.2) is 65.7 Å². The van der Waals surface area contributed by atoms with Crippen molar-refractivity contribution in [2.75, 3.05) is 0 Å². The van der Waals surface area contributed by atoms with Crippen molar-refractivity contribution in [2.45, 2.75) is 6.04 Å². The number of rotatable bonds is 4. The van der Waals surface area contributed by atoms with Crippen molar-refractivity contribution in [3.8, 4) is 0 Å². The third kappa shape index (κ3) is 3.05. The molecule has 0 fully saturated rings. The largest absolute Gasteiger partial charge is 0.336 e. The second-order valence-electron chi connectivity index (χ2n) is 6.27. The number of nitrogens with zero attached hydrogens (tertiary/aromatic N) is 3. The Bertz CT molecular complexity index is 1230. The van der Waals surface area contributed by atoms with E-state index in [4.69, 9.17) is 0 Å². The maximum absolute atomic E-state index is 14.5. The first kappa shape index (κ1) is 17.6. The lowest BCUT2D eigenvalue weighted by Crippen LogP contribution is -2.33. The summed E-state index contributed by atoms with van der Waals surface area (Å²) in [6.45, 7) is 0. The van der Waals surface area contributed by atoms with Crippen LogP contribution in [0.25, 0.3) is 10.8 Å². The first-order valence-electron chi connectivity index (χ1n) is 8.56. The zero-order chi connectivity index (χ0) is 19.7. The van der Waals surface area contributed by atoms with Crippen LogP contribution in [0.1, 0.15) is 27.9 Å². The molecule has 0 saturated carbocycles. The van der Waals surface area contributed by atoms with Gasteiger partial charge in [-0.1, -0.05) is 36.4 Å². The predicted molar refractivity (Wildman–Crippen MR) is 101 cm³/mol. The zero-order valence-corrected chi connectivity index (χ0v) is 14.9. The number of benzene rings is 2. The molecule has 2 aromatic carbocycles. The van der Waals surface area contributed by atoms with Gasteiger partial charge in [0.05, 0.1) is 5.39 Å². The maximum Gasteiger partial charge on any atom is 0.273 e. The fourth-order valence-corrected chi connectivity index (χ4v) is 3.13. The van der Waals surface area contributed by atoms with Crippen LogP contribution in [0, 0.1) is 5.82 Å². The SMILES string of the molecule is Cn1ccnc1C(NC(=O)c1n[nH]c(=O)c2ccccc12)c1ccccc1F. The molecular weight excluding hydrogens is 361 g/mol. The molecule has 4 rings (SSSR count). The van der Waals surface area contributed by atoms with Crippen LogP contribution in [-0.2, 0) is 7.05 Å².